The van der Waals surface area contributed by atoms with Gasteiger partial charge in [0, 0.05) is 12.1 Å². The number of hydrogen-bond acceptors (Lipinski definition) is 5. The molecular weight excluding hydrogens is 445 g/mol. The average molecular weight is 470 g/mol. The van der Waals surface area contributed by atoms with Crippen LogP contribution < -0.4 is 15.2 Å². The van der Waals surface area contributed by atoms with Crippen LogP contribution >= 0.6 is 0 Å². The lowest BCUT2D eigenvalue weighted by molar-refractivity contribution is -0.576. The number of aromatic nitrogens is 3. The summed E-state index contributed by atoms with van der Waals surface area (Å²) in [6.07, 6.45) is 1.33. The zero-order valence-corrected chi connectivity index (χ0v) is 19.4. The maximum absolute atomic E-state index is 14.7. The van der Waals surface area contributed by atoms with Crippen LogP contribution in [0.15, 0.2) is 59.6 Å². The van der Waals surface area contributed by atoms with E-state index in [2.05, 4.69) is 9.82 Å². The lowest BCUT2D eigenvalue weighted by atomic mass is 9.87. The number of rotatable bonds is 4. The van der Waals surface area contributed by atoms with Gasteiger partial charge in [0.05, 0.1) is 21.7 Å². The van der Waals surface area contributed by atoms with Gasteiger partial charge in [-0.2, -0.15) is 9.83 Å². The number of nitrogens with two attached hydrogens (primary N) is 1. The summed E-state index contributed by atoms with van der Waals surface area (Å²) in [6, 6.07) is 11.9. The topological polar surface area (TPSA) is 117 Å². The molecule has 0 unspecified atom stereocenters. The van der Waals surface area contributed by atoms with E-state index in [0.29, 0.717) is 27.1 Å². The zero-order chi connectivity index (χ0) is 24.1. The quantitative estimate of drug-likeness (QED) is 0.268. The van der Waals surface area contributed by atoms with Crippen molar-refractivity contribution >= 4 is 32.4 Å². The molecule has 4 aromatic rings. The second-order valence-electron chi connectivity index (χ2n) is 8.85. The highest BCUT2D eigenvalue weighted by Gasteiger charge is 2.24. The van der Waals surface area contributed by atoms with Crippen LogP contribution in [0.4, 0.5) is 15.9 Å². The number of nitrogens with one attached hydrogen (secondary N) is 1. The molecule has 0 spiro atoms. The first-order valence-corrected chi connectivity index (χ1v) is 11.7. The molecule has 33 heavy (non-hydrogen) atoms. The van der Waals surface area contributed by atoms with Gasteiger partial charge in [-0.05, 0) is 48.2 Å². The summed E-state index contributed by atoms with van der Waals surface area (Å²) in [7, 11) is -4.13. The van der Waals surface area contributed by atoms with Crippen molar-refractivity contribution in [1.29, 1.82) is 0 Å². The molecule has 0 saturated carbocycles. The summed E-state index contributed by atoms with van der Waals surface area (Å²) >= 11 is 0. The summed E-state index contributed by atoms with van der Waals surface area (Å²) in [4.78, 5) is -0.210. The SMILES string of the molecule is Cc1cc(NS(=O)(=O)c2ccc(C(C)(C)C)c(F)c2)n(-c2ccc(N)c3c2ccc[n+]3[O-])n1. The summed E-state index contributed by atoms with van der Waals surface area (Å²) < 4.78 is 45.4. The Balaban J connectivity index is 1.80. The second kappa shape index (κ2) is 7.73. The minimum atomic E-state index is -4.13. The molecule has 0 radical (unpaired) electrons. The summed E-state index contributed by atoms with van der Waals surface area (Å²) in [5, 5.41) is 17.2. The molecule has 172 valence electrons. The Bertz CT molecular complexity index is 1480. The van der Waals surface area contributed by atoms with E-state index in [-0.39, 0.29) is 21.9 Å². The number of nitrogens with zero attached hydrogens (tertiary/aromatic N) is 3. The average Bonchev–Trinajstić information content (AvgIpc) is 3.06. The van der Waals surface area contributed by atoms with Gasteiger partial charge in [-0.1, -0.05) is 26.8 Å². The summed E-state index contributed by atoms with van der Waals surface area (Å²) in [5.41, 5.74) is 7.47. The molecule has 2 aromatic heterocycles. The molecule has 4 rings (SSSR count). The Morgan fingerprint density at radius 1 is 1.15 bits per heavy atom. The first kappa shape index (κ1) is 22.5. The van der Waals surface area contributed by atoms with Crippen molar-refractivity contribution < 1.29 is 17.5 Å². The third kappa shape index (κ3) is 4.09. The molecule has 8 nitrogen and oxygen atoms in total. The van der Waals surface area contributed by atoms with Crippen molar-refractivity contribution in [3.8, 4) is 5.69 Å². The number of benzene rings is 2. The van der Waals surface area contributed by atoms with Gasteiger partial charge in [-0.3, -0.25) is 4.72 Å². The Morgan fingerprint density at radius 2 is 1.88 bits per heavy atom. The monoisotopic (exact) mass is 469 g/mol. The standard InChI is InChI=1S/C23H24FN5O3S/c1-14-12-21(27-33(31,32)15-7-8-17(18(24)13-15)23(2,3)4)29(26-14)20-10-9-19(25)22-16(20)6-5-11-28(22)30/h5-13,27H,25H2,1-4H3. The highest BCUT2D eigenvalue weighted by atomic mass is 32.2. The lowest BCUT2D eigenvalue weighted by Crippen LogP contribution is -2.27. The van der Waals surface area contributed by atoms with Crippen LogP contribution in [0.25, 0.3) is 16.6 Å². The van der Waals surface area contributed by atoms with Gasteiger partial charge in [0.2, 0.25) is 5.52 Å². The van der Waals surface area contributed by atoms with Crippen LogP contribution in [-0.2, 0) is 15.4 Å². The Kier molecular flexibility index (Phi) is 5.28. The first-order valence-electron chi connectivity index (χ1n) is 10.2. The first-order chi connectivity index (χ1) is 15.4. The van der Waals surface area contributed by atoms with Crippen molar-refractivity contribution in [2.45, 2.75) is 38.0 Å². The molecule has 0 aliphatic rings. The van der Waals surface area contributed by atoms with E-state index in [1.807, 2.05) is 20.8 Å². The van der Waals surface area contributed by atoms with E-state index in [1.54, 1.807) is 37.3 Å². The largest absolute Gasteiger partial charge is 0.618 e. The van der Waals surface area contributed by atoms with Gasteiger partial charge >= 0.3 is 0 Å². The fourth-order valence-electron chi connectivity index (χ4n) is 3.72. The molecule has 10 heteroatoms. The third-order valence-corrected chi connectivity index (χ3v) is 6.64. The fraction of sp³-hybridized carbons (Fsp3) is 0.217. The fourth-order valence-corrected chi connectivity index (χ4v) is 4.77. The van der Waals surface area contributed by atoms with Crippen molar-refractivity contribution in [1.82, 2.24) is 9.78 Å². The molecule has 0 atom stereocenters. The molecule has 0 aliphatic carbocycles. The van der Waals surface area contributed by atoms with E-state index >= 15 is 0 Å². The molecule has 0 aliphatic heterocycles. The Hall–Kier alpha value is -3.66. The maximum Gasteiger partial charge on any atom is 0.263 e. The summed E-state index contributed by atoms with van der Waals surface area (Å²) in [5.74, 6) is -0.459. The van der Waals surface area contributed by atoms with Crippen molar-refractivity contribution in [3.63, 3.8) is 0 Å². The van der Waals surface area contributed by atoms with Crippen molar-refractivity contribution in [3.05, 3.63) is 77.0 Å². The van der Waals surface area contributed by atoms with Crippen LogP contribution in [0.5, 0.6) is 0 Å². The van der Waals surface area contributed by atoms with E-state index in [9.17, 15) is 18.0 Å². The number of pyridine rings is 1. The number of fused-ring (bicyclic) bond motifs is 1. The second-order valence-corrected chi connectivity index (χ2v) is 10.5. The molecule has 0 bridgehead atoms. The molecule has 3 N–H and O–H groups in total. The van der Waals surface area contributed by atoms with Crippen LogP contribution in [0.3, 0.4) is 0 Å². The number of halogens is 1. The highest BCUT2D eigenvalue weighted by Crippen LogP contribution is 2.30. The minimum absolute atomic E-state index is 0.139. The highest BCUT2D eigenvalue weighted by molar-refractivity contribution is 7.92. The number of hydrogen-bond donors (Lipinski definition) is 2. The van der Waals surface area contributed by atoms with Crippen LogP contribution in [0.1, 0.15) is 32.0 Å². The van der Waals surface area contributed by atoms with Crippen LogP contribution in [0.2, 0.25) is 0 Å². The van der Waals surface area contributed by atoms with Gasteiger partial charge < -0.3 is 10.9 Å². The zero-order valence-electron chi connectivity index (χ0n) is 18.6. The van der Waals surface area contributed by atoms with Gasteiger partial charge in [0.25, 0.3) is 10.0 Å². The lowest BCUT2D eigenvalue weighted by Gasteiger charge is -2.20. The van der Waals surface area contributed by atoms with Gasteiger partial charge in [0.1, 0.15) is 17.3 Å². The van der Waals surface area contributed by atoms with Crippen LogP contribution in [-0.4, -0.2) is 18.2 Å². The predicted octanol–water partition coefficient (Wildman–Crippen LogP) is 3.79. The van der Waals surface area contributed by atoms with E-state index in [0.717, 1.165) is 6.07 Å². The van der Waals surface area contributed by atoms with E-state index in [4.69, 9.17) is 5.73 Å². The molecule has 0 amide bonds. The van der Waals surface area contributed by atoms with Crippen molar-refractivity contribution in [2.24, 2.45) is 0 Å². The van der Waals surface area contributed by atoms with E-state index < -0.39 is 21.3 Å². The maximum atomic E-state index is 14.7. The van der Waals surface area contributed by atoms with Gasteiger partial charge in [-0.25, -0.2) is 17.5 Å². The normalized spacial score (nSPS) is 12.3. The molecule has 0 saturated heterocycles. The third-order valence-electron chi connectivity index (χ3n) is 5.29. The number of anilines is 2. The van der Waals surface area contributed by atoms with Gasteiger partial charge in [0.15, 0.2) is 6.20 Å². The molecular formula is C23H24FN5O3S. The molecule has 0 fully saturated rings. The Labute approximate surface area is 191 Å². The number of nitrogen functional groups attached to an aromatic ring is 1. The minimum Gasteiger partial charge on any atom is -0.618 e. The summed E-state index contributed by atoms with van der Waals surface area (Å²) in [6.45, 7) is 7.25. The van der Waals surface area contributed by atoms with E-state index in [1.165, 1.54) is 23.0 Å². The molecule has 2 heterocycles. The smallest absolute Gasteiger partial charge is 0.263 e. The van der Waals surface area contributed by atoms with Crippen LogP contribution in [0, 0.1) is 17.9 Å². The number of aryl methyl sites for hydroxylation is 1. The Morgan fingerprint density at radius 3 is 2.55 bits per heavy atom. The number of sulfonamides is 1. The predicted molar refractivity (Wildman–Crippen MR) is 125 cm³/mol. The van der Waals surface area contributed by atoms with Crippen molar-refractivity contribution in [2.75, 3.05) is 10.5 Å². The molecule has 2 aromatic carbocycles. The van der Waals surface area contributed by atoms with Gasteiger partial charge in [-0.15, -0.1) is 0 Å².